The van der Waals surface area contributed by atoms with Crippen LogP contribution in [0, 0.1) is 17.6 Å². The van der Waals surface area contributed by atoms with E-state index in [1.807, 2.05) is 0 Å². The van der Waals surface area contributed by atoms with Crippen molar-refractivity contribution in [2.75, 3.05) is 0 Å². The number of pyridine rings is 1. The number of hydrogen-bond donors (Lipinski definition) is 2. The van der Waals surface area contributed by atoms with Gasteiger partial charge in [-0.2, -0.15) is 0 Å². The van der Waals surface area contributed by atoms with Crippen LogP contribution in [0.25, 0.3) is 11.9 Å². The fraction of sp³-hybridized carbons (Fsp3) is 0.250. The van der Waals surface area contributed by atoms with E-state index >= 15 is 0 Å². The molecule has 1 aliphatic carbocycles. The predicted octanol–water partition coefficient (Wildman–Crippen LogP) is 4.60. The van der Waals surface area contributed by atoms with Crippen LogP contribution in [0.15, 0.2) is 35.5 Å². The first-order valence-electron chi connectivity index (χ1n) is 8.83. The smallest absolute Gasteiger partial charge is 0.320 e. The Morgan fingerprint density at radius 1 is 1.40 bits per heavy atom. The minimum Gasteiger partial charge on any atom is -0.480 e. The van der Waals surface area contributed by atoms with Crippen LogP contribution in [0.3, 0.4) is 0 Å². The van der Waals surface area contributed by atoms with Crippen molar-refractivity contribution in [3.63, 3.8) is 0 Å². The number of halogens is 4. The van der Waals surface area contributed by atoms with Crippen LogP contribution < -0.4 is 5.73 Å². The zero-order valence-electron chi connectivity index (χ0n) is 15.5. The molecule has 1 aromatic heterocycles. The van der Waals surface area contributed by atoms with Crippen molar-refractivity contribution in [1.29, 1.82) is 0 Å². The Labute approximate surface area is 178 Å². The van der Waals surface area contributed by atoms with E-state index in [0.717, 1.165) is 23.9 Å². The Balaban J connectivity index is 1.79. The van der Waals surface area contributed by atoms with Crippen LogP contribution in [0.2, 0.25) is 5.02 Å². The molecule has 0 saturated heterocycles. The lowest BCUT2D eigenvalue weighted by atomic mass is 9.84. The summed E-state index contributed by atoms with van der Waals surface area (Å²) in [6, 6.07) is 4.90. The Morgan fingerprint density at radius 3 is 2.77 bits per heavy atom. The van der Waals surface area contributed by atoms with Crippen LogP contribution in [0.4, 0.5) is 13.2 Å². The number of rotatable bonds is 4. The third-order valence-corrected chi connectivity index (χ3v) is 6.96. The molecule has 1 aliphatic heterocycles. The van der Waals surface area contributed by atoms with Crippen molar-refractivity contribution in [3.05, 3.63) is 63.9 Å². The standard InChI is InChI=1S/C20H15ClF3N3O2S/c1-19(15-7-20(15,17(28)29)30-18(25)27-19)11-4-9(6-13(23)16(11)24)5-12(22)14-3-2-10(21)8-26-14/h2-6,8,15H,7H2,1H3,(H2,25,27)(H,28,29). The molecule has 3 atom stereocenters. The molecular formula is C20H15ClF3N3O2S. The minimum atomic E-state index is -1.41. The van der Waals surface area contributed by atoms with Crippen molar-refractivity contribution in [3.8, 4) is 0 Å². The van der Waals surface area contributed by atoms with E-state index in [0.29, 0.717) is 5.02 Å². The highest BCUT2D eigenvalue weighted by molar-refractivity contribution is 8.15. The highest BCUT2D eigenvalue weighted by Gasteiger charge is 2.71. The van der Waals surface area contributed by atoms with Gasteiger partial charge in [0, 0.05) is 17.7 Å². The number of aliphatic carboxylic acids is 1. The van der Waals surface area contributed by atoms with Gasteiger partial charge in [0.25, 0.3) is 0 Å². The van der Waals surface area contributed by atoms with Gasteiger partial charge in [0.1, 0.15) is 10.6 Å². The molecule has 1 saturated carbocycles. The molecule has 0 bridgehead atoms. The summed E-state index contributed by atoms with van der Waals surface area (Å²) < 4.78 is 42.5. The van der Waals surface area contributed by atoms with Crippen molar-refractivity contribution >= 4 is 46.4 Å². The van der Waals surface area contributed by atoms with Crippen LogP contribution >= 0.6 is 23.4 Å². The minimum absolute atomic E-state index is 0.0223. The third kappa shape index (κ3) is 3.26. The summed E-state index contributed by atoms with van der Waals surface area (Å²) >= 11 is 6.65. The molecule has 0 radical (unpaired) electrons. The number of hydrogen-bond acceptors (Lipinski definition) is 5. The van der Waals surface area contributed by atoms with Gasteiger partial charge >= 0.3 is 5.97 Å². The molecule has 2 heterocycles. The molecule has 0 amide bonds. The molecule has 10 heteroatoms. The average Bonchev–Trinajstić information content (AvgIpc) is 3.42. The number of thioether (sulfide) groups is 1. The maximum absolute atomic E-state index is 14.8. The monoisotopic (exact) mass is 453 g/mol. The van der Waals surface area contributed by atoms with Crippen LogP contribution in [-0.4, -0.2) is 26.0 Å². The van der Waals surface area contributed by atoms with Crippen LogP contribution in [0.1, 0.15) is 30.2 Å². The van der Waals surface area contributed by atoms with E-state index in [2.05, 4.69) is 9.98 Å². The van der Waals surface area contributed by atoms with Crippen molar-refractivity contribution in [2.45, 2.75) is 23.6 Å². The van der Waals surface area contributed by atoms with Crippen LogP contribution in [-0.2, 0) is 10.3 Å². The molecule has 5 nitrogen and oxygen atoms in total. The molecular weight excluding hydrogens is 439 g/mol. The van der Waals surface area contributed by atoms with E-state index in [-0.39, 0.29) is 28.4 Å². The lowest BCUT2D eigenvalue weighted by Crippen LogP contribution is -2.39. The Morgan fingerprint density at radius 2 is 2.13 bits per heavy atom. The summed E-state index contributed by atoms with van der Waals surface area (Å²) in [5.74, 6) is -4.82. The number of aromatic nitrogens is 1. The number of carboxylic acid groups (broad SMARTS) is 1. The number of carbonyl (C=O) groups is 1. The van der Waals surface area contributed by atoms with E-state index in [1.165, 1.54) is 31.3 Å². The summed E-state index contributed by atoms with van der Waals surface area (Å²) in [6.45, 7) is 1.51. The average molecular weight is 454 g/mol. The van der Waals surface area contributed by atoms with Gasteiger partial charge in [-0.15, -0.1) is 0 Å². The number of fused-ring (bicyclic) bond motifs is 1. The molecule has 30 heavy (non-hydrogen) atoms. The molecule has 3 N–H and O–H groups in total. The fourth-order valence-corrected chi connectivity index (χ4v) is 5.28. The fourth-order valence-electron chi connectivity index (χ4n) is 3.85. The molecule has 2 aliphatic rings. The Bertz CT molecular complexity index is 1130. The van der Waals surface area contributed by atoms with Gasteiger partial charge in [0.05, 0.1) is 16.3 Å². The number of nitrogens with zero attached hydrogens (tertiary/aromatic N) is 2. The second kappa shape index (κ2) is 7.02. The van der Waals surface area contributed by atoms with Crippen LogP contribution in [0.5, 0.6) is 0 Å². The summed E-state index contributed by atoms with van der Waals surface area (Å²) in [7, 11) is 0. The predicted molar refractivity (Wildman–Crippen MR) is 110 cm³/mol. The van der Waals surface area contributed by atoms with Gasteiger partial charge in [0.15, 0.2) is 16.8 Å². The zero-order chi connectivity index (χ0) is 21.8. The molecule has 2 aromatic rings. The molecule has 1 aromatic carbocycles. The Kier molecular flexibility index (Phi) is 4.85. The summed E-state index contributed by atoms with van der Waals surface area (Å²) in [4.78, 5) is 19.9. The van der Waals surface area contributed by atoms with E-state index < -0.39 is 39.6 Å². The van der Waals surface area contributed by atoms with Gasteiger partial charge in [-0.3, -0.25) is 14.8 Å². The second-order valence-electron chi connectivity index (χ2n) is 7.37. The second-order valence-corrected chi connectivity index (χ2v) is 9.16. The number of aliphatic imine (C=N–C) groups is 1. The normalized spacial score (nSPS) is 28.0. The SMILES string of the molecule is CC1(c2cc(C=C(F)c3ccc(Cl)cn3)cc(F)c2F)N=C(N)SC2(C(=O)O)CC21. The zero-order valence-corrected chi connectivity index (χ0v) is 17.1. The van der Waals surface area contributed by atoms with Crippen molar-refractivity contribution in [2.24, 2.45) is 16.6 Å². The summed E-state index contributed by atoms with van der Waals surface area (Å²) in [5.41, 5.74) is 4.25. The Hall–Kier alpha value is -2.52. The summed E-state index contributed by atoms with van der Waals surface area (Å²) in [5, 5.41) is 9.91. The molecule has 4 rings (SSSR count). The van der Waals surface area contributed by atoms with E-state index in [1.54, 1.807) is 0 Å². The number of benzene rings is 1. The van der Waals surface area contributed by atoms with Gasteiger partial charge in [0.2, 0.25) is 0 Å². The number of amidine groups is 1. The summed E-state index contributed by atoms with van der Waals surface area (Å²) in [6.07, 6.45) is 2.48. The van der Waals surface area contributed by atoms with E-state index in [4.69, 9.17) is 17.3 Å². The number of nitrogens with two attached hydrogens (primary N) is 1. The third-order valence-electron chi connectivity index (χ3n) is 5.44. The first kappa shape index (κ1) is 20.7. The lowest BCUT2D eigenvalue weighted by molar-refractivity contribution is -0.137. The lowest BCUT2D eigenvalue weighted by Gasteiger charge is -2.33. The molecule has 156 valence electrons. The first-order valence-corrected chi connectivity index (χ1v) is 10.0. The topological polar surface area (TPSA) is 88.6 Å². The highest BCUT2D eigenvalue weighted by Crippen LogP contribution is 2.66. The van der Waals surface area contributed by atoms with Gasteiger partial charge in [-0.1, -0.05) is 23.4 Å². The van der Waals surface area contributed by atoms with Gasteiger partial charge in [-0.05, 0) is 49.2 Å². The van der Waals surface area contributed by atoms with Gasteiger partial charge in [-0.25, -0.2) is 13.2 Å². The quantitative estimate of drug-likeness (QED) is 0.706. The molecule has 1 fully saturated rings. The largest absolute Gasteiger partial charge is 0.480 e. The molecule has 0 spiro atoms. The van der Waals surface area contributed by atoms with Crippen molar-refractivity contribution < 1.29 is 23.1 Å². The van der Waals surface area contributed by atoms with Crippen molar-refractivity contribution in [1.82, 2.24) is 4.98 Å². The van der Waals surface area contributed by atoms with Gasteiger partial charge < -0.3 is 10.8 Å². The highest BCUT2D eigenvalue weighted by atomic mass is 35.5. The van der Waals surface area contributed by atoms with E-state index in [9.17, 15) is 23.1 Å². The molecule has 3 unspecified atom stereocenters. The number of carboxylic acids is 1. The maximum atomic E-state index is 14.8. The maximum Gasteiger partial charge on any atom is 0.320 e. The first-order chi connectivity index (χ1) is 14.1.